The Morgan fingerprint density at radius 1 is 1.13 bits per heavy atom. The Labute approximate surface area is 186 Å². The fraction of sp³-hybridized carbons (Fsp3) is 0.200. The molecule has 0 spiro atoms. The first-order chi connectivity index (χ1) is 16.9. The summed E-state index contributed by atoms with van der Waals surface area (Å²) in [5.74, 6) is 2.76. The standard InChI is InChI=1S/C25H25BN3O/c1-16-14-26(4)29(25-23(16)20-12-11-18(3)27-24(20)30-25)22-13-21(17(2)15-28(22)5)19-9-7-6-8-10-19/h6-15H,1-5H3/q+1/i1D3,2D3. The number of anilines is 2. The van der Waals surface area contributed by atoms with Crippen molar-refractivity contribution < 1.29 is 17.2 Å². The molecule has 0 fully saturated rings. The van der Waals surface area contributed by atoms with E-state index in [-0.39, 0.29) is 18.0 Å². The normalized spacial score (nSPS) is 17.4. The van der Waals surface area contributed by atoms with Gasteiger partial charge in [-0.3, -0.25) is 4.81 Å². The smallest absolute Gasteiger partial charge is 0.404 e. The molecule has 0 saturated carbocycles. The summed E-state index contributed by atoms with van der Waals surface area (Å²) in [5, 5.41) is 0.625. The van der Waals surface area contributed by atoms with Crippen LogP contribution < -0.4 is 9.38 Å². The van der Waals surface area contributed by atoms with Gasteiger partial charge in [0.15, 0.2) is 0 Å². The molecule has 4 heterocycles. The Kier molecular flexibility index (Phi) is 2.99. The van der Waals surface area contributed by atoms with Crippen molar-refractivity contribution in [3.05, 3.63) is 77.5 Å². The van der Waals surface area contributed by atoms with Crippen LogP contribution in [0.5, 0.6) is 0 Å². The highest BCUT2D eigenvalue weighted by Gasteiger charge is 2.39. The quantitative estimate of drug-likeness (QED) is 0.322. The average Bonchev–Trinajstić information content (AvgIpc) is 3.16. The molecule has 0 amide bonds. The zero-order valence-corrected chi connectivity index (χ0v) is 17.1. The Hall–Kier alpha value is -3.34. The lowest BCUT2D eigenvalue weighted by atomic mass is 9.59. The summed E-state index contributed by atoms with van der Waals surface area (Å²) in [4.78, 5) is 6.40. The molecule has 0 bridgehead atoms. The predicted molar refractivity (Wildman–Crippen MR) is 124 cm³/mol. The zero-order chi connectivity index (χ0) is 26.0. The molecule has 5 heteroatoms. The van der Waals surface area contributed by atoms with E-state index in [9.17, 15) is 0 Å². The van der Waals surface area contributed by atoms with Gasteiger partial charge in [-0.25, -0.2) is 9.55 Å². The van der Waals surface area contributed by atoms with E-state index in [4.69, 9.17) is 12.6 Å². The molecule has 3 aromatic heterocycles. The lowest BCUT2D eigenvalue weighted by molar-refractivity contribution is -0.658. The van der Waals surface area contributed by atoms with Crippen LogP contribution in [-0.4, -0.2) is 11.8 Å². The van der Waals surface area contributed by atoms with Gasteiger partial charge in [-0.15, -0.1) is 0 Å². The van der Waals surface area contributed by atoms with E-state index in [0.29, 0.717) is 33.9 Å². The lowest BCUT2D eigenvalue weighted by Crippen LogP contribution is -2.44. The summed E-state index contributed by atoms with van der Waals surface area (Å²) >= 11 is 0. The molecule has 0 radical (unpaired) electrons. The van der Waals surface area contributed by atoms with Crippen molar-refractivity contribution in [1.82, 2.24) is 4.98 Å². The topological polar surface area (TPSA) is 33.2 Å². The van der Waals surface area contributed by atoms with Gasteiger partial charge < -0.3 is 4.42 Å². The van der Waals surface area contributed by atoms with Crippen LogP contribution in [-0.2, 0) is 7.05 Å². The van der Waals surface area contributed by atoms with Crippen molar-refractivity contribution in [2.75, 3.05) is 4.81 Å². The summed E-state index contributed by atoms with van der Waals surface area (Å²) in [6.45, 7) is -1.32. The lowest BCUT2D eigenvalue weighted by Gasteiger charge is -2.25. The van der Waals surface area contributed by atoms with Crippen LogP contribution in [0.2, 0.25) is 6.82 Å². The minimum atomic E-state index is -2.35. The van der Waals surface area contributed by atoms with Crippen molar-refractivity contribution in [1.29, 1.82) is 0 Å². The molecule has 0 atom stereocenters. The van der Waals surface area contributed by atoms with Crippen LogP contribution in [0.25, 0.3) is 27.8 Å². The molecule has 4 nitrogen and oxygen atoms in total. The molecule has 148 valence electrons. The number of rotatable bonds is 2. The Morgan fingerprint density at radius 2 is 1.97 bits per heavy atom. The van der Waals surface area contributed by atoms with Gasteiger partial charge in [0.25, 0.3) is 11.7 Å². The zero-order valence-electron chi connectivity index (χ0n) is 23.1. The molecule has 30 heavy (non-hydrogen) atoms. The maximum Gasteiger partial charge on any atom is 0.406 e. The Bertz CT molecular complexity index is 1510. The fourth-order valence-corrected chi connectivity index (χ4v) is 4.12. The summed E-state index contributed by atoms with van der Waals surface area (Å²) in [7, 11) is 1.78. The molecular weight excluding hydrogens is 369 g/mol. The fourth-order valence-electron chi connectivity index (χ4n) is 4.12. The maximum absolute atomic E-state index is 8.18. The second-order valence-corrected chi connectivity index (χ2v) is 7.71. The third kappa shape index (κ3) is 2.85. The van der Waals surface area contributed by atoms with Crippen LogP contribution in [0, 0.1) is 13.8 Å². The first kappa shape index (κ1) is 13.1. The number of fused-ring (bicyclic) bond motifs is 3. The highest BCUT2D eigenvalue weighted by atomic mass is 16.4. The minimum absolute atomic E-state index is 0.218. The molecule has 0 saturated heterocycles. The number of furan rings is 1. The number of aryl methyl sites for hydroxylation is 3. The molecule has 0 unspecified atom stereocenters. The van der Waals surface area contributed by atoms with E-state index in [1.54, 1.807) is 23.8 Å². The average molecular weight is 400 g/mol. The van der Waals surface area contributed by atoms with Crippen molar-refractivity contribution in [3.63, 3.8) is 0 Å². The van der Waals surface area contributed by atoms with E-state index >= 15 is 0 Å². The number of hydrogen-bond acceptors (Lipinski definition) is 3. The van der Waals surface area contributed by atoms with Crippen molar-refractivity contribution in [3.8, 4) is 11.1 Å². The van der Waals surface area contributed by atoms with Gasteiger partial charge in [-0.2, -0.15) is 0 Å². The van der Waals surface area contributed by atoms with E-state index < -0.39 is 13.7 Å². The molecule has 5 rings (SSSR count). The van der Waals surface area contributed by atoms with Gasteiger partial charge in [-0.05, 0) is 61.8 Å². The van der Waals surface area contributed by atoms with Crippen molar-refractivity contribution in [2.45, 2.75) is 27.5 Å². The monoisotopic (exact) mass is 400 g/mol. The number of aromatic nitrogens is 2. The van der Waals surface area contributed by atoms with Crippen molar-refractivity contribution in [2.24, 2.45) is 7.05 Å². The van der Waals surface area contributed by atoms with Crippen LogP contribution >= 0.6 is 0 Å². The van der Waals surface area contributed by atoms with Crippen LogP contribution in [0.15, 0.2) is 65.1 Å². The number of pyridine rings is 2. The van der Waals surface area contributed by atoms with E-state index in [1.165, 1.54) is 0 Å². The highest BCUT2D eigenvalue weighted by molar-refractivity contribution is 6.70. The van der Waals surface area contributed by atoms with Crippen LogP contribution in [0.3, 0.4) is 0 Å². The predicted octanol–water partition coefficient (Wildman–Crippen LogP) is 5.65. The summed E-state index contributed by atoms with van der Waals surface area (Å²) < 4.78 is 56.9. The van der Waals surface area contributed by atoms with Gasteiger partial charge in [-0.1, -0.05) is 36.3 Å². The van der Waals surface area contributed by atoms with Gasteiger partial charge in [0, 0.05) is 20.0 Å². The van der Waals surface area contributed by atoms with E-state index in [0.717, 1.165) is 11.3 Å². The molecule has 4 aromatic rings. The second-order valence-electron chi connectivity index (χ2n) is 7.71. The molecule has 1 aliphatic rings. The molecule has 1 aliphatic heterocycles. The number of allylic oxidation sites excluding steroid dienone is 1. The summed E-state index contributed by atoms with van der Waals surface area (Å²) in [6.07, 6.45) is 1.62. The van der Waals surface area contributed by atoms with Gasteiger partial charge in [0.1, 0.15) is 0 Å². The first-order valence-corrected chi connectivity index (χ1v) is 9.88. The molecule has 0 N–H and O–H groups in total. The summed E-state index contributed by atoms with van der Waals surface area (Å²) in [5.41, 5.74) is 3.40. The van der Waals surface area contributed by atoms with E-state index in [1.807, 2.05) is 67.1 Å². The third-order valence-corrected chi connectivity index (χ3v) is 5.56. The van der Waals surface area contributed by atoms with Gasteiger partial charge in [0.05, 0.1) is 24.2 Å². The van der Waals surface area contributed by atoms with Crippen LogP contribution in [0.4, 0.5) is 11.7 Å². The number of nitrogens with zero attached hydrogens (tertiary/aromatic N) is 3. The number of hydrogen-bond donors (Lipinski definition) is 0. The first-order valence-electron chi connectivity index (χ1n) is 12.9. The van der Waals surface area contributed by atoms with E-state index in [2.05, 4.69) is 4.98 Å². The van der Waals surface area contributed by atoms with Gasteiger partial charge >= 0.3 is 6.85 Å². The molecule has 1 aromatic carbocycles. The van der Waals surface area contributed by atoms with Crippen LogP contribution in [0.1, 0.15) is 31.9 Å². The van der Waals surface area contributed by atoms with Gasteiger partial charge in [0.2, 0.25) is 5.71 Å². The Balaban J connectivity index is 1.80. The second kappa shape index (κ2) is 6.87. The van der Waals surface area contributed by atoms with Crippen molar-refractivity contribution >= 4 is 35.2 Å². The highest BCUT2D eigenvalue weighted by Crippen LogP contribution is 2.43. The molecular formula is C25H25BN3O+. The maximum atomic E-state index is 8.18. The minimum Gasteiger partial charge on any atom is -0.404 e. The Morgan fingerprint density at radius 3 is 2.73 bits per heavy atom. The molecule has 0 aliphatic carbocycles. The largest absolute Gasteiger partial charge is 0.406 e. The third-order valence-electron chi connectivity index (χ3n) is 5.56. The number of benzene rings is 1. The summed E-state index contributed by atoms with van der Waals surface area (Å²) in [6, 6.07) is 14.9. The SMILES string of the molecule is [2H]C([2H])([2H])C1=CB(C)N(c2cc(-c3ccccc3)c(C([2H])([2H])[2H])c[n+]2C)c2oc3nc(C)ccc3c21.